The van der Waals surface area contributed by atoms with Gasteiger partial charge in [-0.25, -0.2) is 4.39 Å². The number of nitrogens with one attached hydrogen (secondary N) is 1. The fraction of sp³-hybridized carbons (Fsp3) is 0.458. The summed E-state index contributed by atoms with van der Waals surface area (Å²) in [6, 6.07) is 12.7. The first-order valence-electron chi connectivity index (χ1n) is 10.9. The monoisotopic (exact) mass is 429 g/mol. The Labute approximate surface area is 183 Å². The SMILES string of the molecule is CCC1(CCCCN2CCN(c3cccc(Cl)c3)CC2)C(=O)Nc2cc(F)ccc21. The van der Waals surface area contributed by atoms with Crippen molar-refractivity contribution in [2.75, 3.05) is 42.9 Å². The standard InChI is InChI=1S/C24H29ClFN3O/c1-2-24(21-9-8-19(26)17-22(21)27-23(24)30)10-3-4-11-28-12-14-29(15-13-28)20-7-5-6-18(25)16-20/h5-9,16-17H,2-4,10-15H2,1H3,(H,27,30). The van der Waals surface area contributed by atoms with Gasteiger partial charge >= 0.3 is 0 Å². The summed E-state index contributed by atoms with van der Waals surface area (Å²) < 4.78 is 13.5. The summed E-state index contributed by atoms with van der Waals surface area (Å²) in [5.41, 5.74) is 2.26. The number of unbranched alkanes of at least 4 members (excludes halogenated alkanes) is 1. The van der Waals surface area contributed by atoms with Crippen LogP contribution in [0.25, 0.3) is 0 Å². The van der Waals surface area contributed by atoms with Gasteiger partial charge in [0.25, 0.3) is 0 Å². The maximum atomic E-state index is 13.5. The lowest BCUT2D eigenvalue weighted by Gasteiger charge is -2.36. The van der Waals surface area contributed by atoms with E-state index in [-0.39, 0.29) is 11.7 Å². The number of benzene rings is 2. The molecule has 0 aromatic heterocycles. The van der Waals surface area contributed by atoms with Crippen molar-refractivity contribution in [1.29, 1.82) is 0 Å². The summed E-state index contributed by atoms with van der Waals surface area (Å²) in [6.45, 7) is 7.16. The zero-order valence-corrected chi connectivity index (χ0v) is 18.2. The molecule has 1 fully saturated rings. The van der Waals surface area contributed by atoms with Crippen LogP contribution in [0.3, 0.4) is 0 Å². The van der Waals surface area contributed by atoms with Crippen LogP contribution in [0.2, 0.25) is 5.02 Å². The predicted octanol–water partition coefficient (Wildman–Crippen LogP) is 5.07. The third kappa shape index (κ3) is 4.19. The van der Waals surface area contributed by atoms with E-state index in [1.807, 2.05) is 25.1 Å². The number of rotatable bonds is 7. The molecule has 1 atom stereocenters. The molecule has 2 aliphatic rings. The van der Waals surface area contributed by atoms with Gasteiger partial charge in [0.15, 0.2) is 0 Å². The Morgan fingerprint density at radius 1 is 1.10 bits per heavy atom. The van der Waals surface area contributed by atoms with E-state index in [0.717, 1.165) is 69.0 Å². The fourth-order valence-corrected chi connectivity index (χ4v) is 5.03. The molecule has 160 valence electrons. The van der Waals surface area contributed by atoms with E-state index in [2.05, 4.69) is 21.2 Å². The molecule has 1 unspecified atom stereocenters. The fourth-order valence-electron chi connectivity index (χ4n) is 4.84. The van der Waals surface area contributed by atoms with Crippen LogP contribution < -0.4 is 10.2 Å². The number of amides is 1. The van der Waals surface area contributed by atoms with Gasteiger partial charge in [0.1, 0.15) is 5.82 Å². The van der Waals surface area contributed by atoms with Crippen LogP contribution in [-0.2, 0) is 10.2 Å². The molecule has 0 saturated carbocycles. The first-order valence-corrected chi connectivity index (χ1v) is 11.2. The van der Waals surface area contributed by atoms with Crippen molar-refractivity contribution in [3.8, 4) is 0 Å². The molecule has 4 rings (SSSR count). The molecule has 0 spiro atoms. The second-order valence-corrected chi connectivity index (χ2v) is 8.78. The summed E-state index contributed by atoms with van der Waals surface area (Å²) in [4.78, 5) is 17.6. The van der Waals surface area contributed by atoms with Crippen molar-refractivity contribution >= 4 is 28.9 Å². The molecule has 2 aromatic rings. The molecule has 0 aliphatic carbocycles. The molecule has 0 bridgehead atoms. The van der Waals surface area contributed by atoms with Crippen LogP contribution in [0.5, 0.6) is 0 Å². The highest BCUT2D eigenvalue weighted by Crippen LogP contribution is 2.44. The molecule has 1 N–H and O–H groups in total. The maximum Gasteiger partial charge on any atom is 0.235 e. The zero-order valence-electron chi connectivity index (χ0n) is 17.5. The van der Waals surface area contributed by atoms with Crippen molar-refractivity contribution in [3.05, 3.63) is 58.9 Å². The van der Waals surface area contributed by atoms with Gasteiger partial charge in [0.05, 0.1) is 5.41 Å². The molecule has 1 amide bonds. The van der Waals surface area contributed by atoms with Crippen molar-refractivity contribution in [2.45, 2.75) is 38.0 Å². The van der Waals surface area contributed by atoms with Gasteiger partial charge in [-0.3, -0.25) is 9.69 Å². The molecule has 2 aromatic carbocycles. The van der Waals surface area contributed by atoms with E-state index >= 15 is 0 Å². The highest BCUT2D eigenvalue weighted by molar-refractivity contribution is 6.30. The first kappa shape index (κ1) is 21.1. The van der Waals surface area contributed by atoms with E-state index in [0.29, 0.717) is 5.69 Å². The normalized spacial score (nSPS) is 21.6. The van der Waals surface area contributed by atoms with Crippen LogP contribution >= 0.6 is 11.6 Å². The zero-order chi connectivity index (χ0) is 21.1. The lowest BCUT2D eigenvalue weighted by molar-refractivity contribution is -0.121. The molecular weight excluding hydrogens is 401 g/mol. The smallest absolute Gasteiger partial charge is 0.235 e. The van der Waals surface area contributed by atoms with E-state index < -0.39 is 5.41 Å². The lowest BCUT2D eigenvalue weighted by Crippen LogP contribution is -2.46. The number of nitrogens with zero attached hydrogens (tertiary/aromatic N) is 2. The topological polar surface area (TPSA) is 35.6 Å². The van der Waals surface area contributed by atoms with Crippen LogP contribution in [0.1, 0.15) is 38.2 Å². The average Bonchev–Trinajstić information content (AvgIpc) is 3.02. The Hall–Kier alpha value is -2.11. The van der Waals surface area contributed by atoms with Gasteiger partial charge in [-0.1, -0.05) is 37.1 Å². The molecule has 4 nitrogen and oxygen atoms in total. The number of hydrogen-bond acceptors (Lipinski definition) is 3. The third-order valence-corrected chi connectivity index (χ3v) is 6.89. The number of carbonyl (C=O) groups is 1. The van der Waals surface area contributed by atoms with Crippen molar-refractivity contribution < 1.29 is 9.18 Å². The third-order valence-electron chi connectivity index (χ3n) is 6.66. The quantitative estimate of drug-likeness (QED) is 0.624. The molecule has 0 radical (unpaired) electrons. The average molecular weight is 430 g/mol. The van der Waals surface area contributed by atoms with Crippen LogP contribution in [-0.4, -0.2) is 43.5 Å². The second-order valence-electron chi connectivity index (χ2n) is 8.35. The maximum absolute atomic E-state index is 13.5. The number of carbonyl (C=O) groups excluding carboxylic acids is 1. The summed E-state index contributed by atoms with van der Waals surface area (Å²) in [5, 5.41) is 3.67. The number of piperazine rings is 1. The minimum absolute atomic E-state index is 0.0146. The van der Waals surface area contributed by atoms with Gasteiger partial charge in [0.2, 0.25) is 5.91 Å². The largest absolute Gasteiger partial charge is 0.369 e. The number of fused-ring (bicyclic) bond motifs is 1. The number of hydrogen-bond donors (Lipinski definition) is 1. The van der Waals surface area contributed by atoms with E-state index in [9.17, 15) is 9.18 Å². The predicted molar refractivity (Wildman–Crippen MR) is 121 cm³/mol. The van der Waals surface area contributed by atoms with Gasteiger partial charge in [0, 0.05) is 42.6 Å². The molecular formula is C24H29ClFN3O. The van der Waals surface area contributed by atoms with E-state index in [1.165, 1.54) is 17.8 Å². The van der Waals surface area contributed by atoms with E-state index in [1.54, 1.807) is 6.07 Å². The van der Waals surface area contributed by atoms with Gasteiger partial charge in [-0.15, -0.1) is 0 Å². The first-order chi connectivity index (χ1) is 14.5. The Kier molecular flexibility index (Phi) is 6.30. The Bertz CT molecular complexity index is 913. The van der Waals surface area contributed by atoms with Gasteiger partial charge in [-0.05, 0) is 61.7 Å². The molecule has 2 aliphatic heterocycles. The van der Waals surface area contributed by atoms with Crippen molar-refractivity contribution in [2.24, 2.45) is 0 Å². The van der Waals surface area contributed by atoms with Crippen LogP contribution in [0.15, 0.2) is 42.5 Å². The summed E-state index contributed by atoms with van der Waals surface area (Å²) in [6.07, 6.45) is 3.57. The van der Waals surface area contributed by atoms with Crippen molar-refractivity contribution in [1.82, 2.24) is 4.90 Å². The Morgan fingerprint density at radius 3 is 2.63 bits per heavy atom. The molecule has 6 heteroatoms. The molecule has 2 heterocycles. The molecule has 1 saturated heterocycles. The molecule has 30 heavy (non-hydrogen) atoms. The number of anilines is 2. The van der Waals surface area contributed by atoms with Crippen LogP contribution in [0.4, 0.5) is 15.8 Å². The van der Waals surface area contributed by atoms with E-state index in [4.69, 9.17) is 11.6 Å². The van der Waals surface area contributed by atoms with Crippen LogP contribution in [0, 0.1) is 5.82 Å². The highest BCUT2D eigenvalue weighted by Gasteiger charge is 2.44. The van der Waals surface area contributed by atoms with Gasteiger partial charge < -0.3 is 10.2 Å². The lowest BCUT2D eigenvalue weighted by atomic mass is 9.75. The summed E-state index contributed by atoms with van der Waals surface area (Å²) >= 11 is 6.12. The minimum atomic E-state index is -0.520. The Balaban J connectivity index is 1.27. The second kappa shape index (κ2) is 8.94. The Morgan fingerprint density at radius 2 is 1.90 bits per heavy atom. The number of halogens is 2. The highest BCUT2D eigenvalue weighted by atomic mass is 35.5. The van der Waals surface area contributed by atoms with Gasteiger partial charge in [-0.2, -0.15) is 0 Å². The van der Waals surface area contributed by atoms with Crippen molar-refractivity contribution in [3.63, 3.8) is 0 Å². The minimum Gasteiger partial charge on any atom is -0.369 e. The summed E-state index contributed by atoms with van der Waals surface area (Å²) in [7, 11) is 0. The summed E-state index contributed by atoms with van der Waals surface area (Å²) in [5.74, 6) is -0.293.